The fourth-order valence-electron chi connectivity index (χ4n) is 3.15. The van der Waals surface area contributed by atoms with E-state index < -0.39 is 0 Å². The minimum absolute atomic E-state index is 0. The lowest BCUT2D eigenvalue weighted by Crippen LogP contribution is -2.38. The molecule has 0 aliphatic heterocycles. The van der Waals surface area contributed by atoms with Gasteiger partial charge in [-0.2, -0.15) is 0 Å². The number of hydrogen-bond acceptors (Lipinski definition) is 2. The molecule has 1 aromatic carbocycles. The molecule has 0 saturated heterocycles. The monoisotopic (exact) mass is 295 g/mol. The Balaban J connectivity index is 0.00000200. The summed E-state index contributed by atoms with van der Waals surface area (Å²) in [7, 11) is 1.76. The van der Waals surface area contributed by atoms with Gasteiger partial charge in [-0.15, -0.1) is 19.0 Å². The molecule has 0 bridgehead atoms. The zero-order valence-electron chi connectivity index (χ0n) is 12.5. The van der Waals surface area contributed by atoms with E-state index in [1.807, 2.05) is 6.08 Å². The van der Waals surface area contributed by atoms with Crippen molar-refractivity contribution >= 4 is 12.4 Å². The molecule has 1 aromatic rings. The predicted molar refractivity (Wildman–Crippen MR) is 88.2 cm³/mol. The van der Waals surface area contributed by atoms with Crippen LogP contribution in [0.2, 0.25) is 0 Å². The first-order valence-corrected chi connectivity index (χ1v) is 7.31. The first-order chi connectivity index (χ1) is 9.31. The zero-order valence-corrected chi connectivity index (χ0v) is 13.3. The first-order valence-electron chi connectivity index (χ1n) is 7.31. The molecule has 0 aromatic heterocycles. The van der Waals surface area contributed by atoms with Gasteiger partial charge in [0.05, 0.1) is 7.11 Å². The maximum absolute atomic E-state index is 5.51. The van der Waals surface area contributed by atoms with Gasteiger partial charge in [0.25, 0.3) is 0 Å². The third-order valence-corrected chi connectivity index (χ3v) is 4.06. The Morgan fingerprint density at radius 2 is 2.25 bits per heavy atom. The van der Waals surface area contributed by atoms with Crippen LogP contribution < -0.4 is 10.1 Å². The van der Waals surface area contributed by atoms with E-state index in [1.54, 1.807) is 7.11 Å². The summed E-state index contributed by atoms with van der Waals surface area (Å²) in [5, 5.41) is 3.70. The van der Waals surface area contributed by atoms with E-state index in [9.17, 15) is 0 Å². The molecule has 20 heavy (non-hydrogen) atoms. The lowest BCUT2D eigenvalue weighted by atomic mass is 9.77. The van der Waals surface area contributed by atoms with Crippen LogP contribution in [0.15, 0.2) is 30.9 Å². The number of allylic oxidation sites excluding steroid dienone is 1. The van der Waals surface area contributed by atoms with Gasteiger partial charge >= 0.3 is 0 Å². The van der Waals surface area contributed by atoms with E-state index in [4.69, 9.17) is 4.74 Å². The summed E-state index contributed by atoms with van der Waals surface area (Å²) in [6, 6.07) is 7.00. The number of hydrogen-bond donors (Lipinski definition) is 1. The van der Waals surface area contributed by atoms with Gasteiger partial charge in [0.15, 0.2) is 0 Å². The maximum atomic E-state index is 5.51. The van der Waals surface area contributed by atoms with Crippen molar-refractivity contribution in [2.24, 2.45) is 0 Å². The number of ether oxygens (including phenoxy) is 1. The Hall–Kier alpha value is -0.990. The Bertz CT molecular complexity index is 433. The SMILES string of the molecule is C=CC[C@@H]1c2cccc(OC)c2CC[C@@H]1NCCC.Cl. The van der Waals surface area contributed by atoms with E-state index in [1.165, 1.54) is 24.0 Å². The van der Waals surface area contributed by atoms with Gasteiger partial charge in [-0.05, 0) is 49.4 Å². The third kappa shape index (κ3) is 3.56. The molecule has 0 fully saturated rings. The van der Waals surface area contributed by atoms with Gasteiger partial charge in [-0.25, -0.2) is 0 Å². The standard InChI is InChI=1S/C17H25NO.ClH/c1-4-7-14-13-8-6-9-17(19-3)15(13)10-11-16(14)18-12-5-2;/h4,6,8-9,14,16,18H,1,5,7,10-12H2,2-3H3;1H/t14-,16+;/m1./s1. The number of halogens is 1. The molecular formula is C17H26ClNO. The summed E-state index contributed by atoms with van der Waals surface area (Å²) in [5.41, 5.74) is 2.84. The summed E-state index contributed by atoms with van der Waals surface area (Å²) < 4.78 is 5.51. The van der Waals surface area contributed by atoms with E-state index in [2.05, 4.69) is 37.0 Å². The zero-order chi connectivity index (χ0) is 13.7. The molecule has 3 heteroatoms. The van der Waals surface area contributed by atoms with Crippen LogP contribution in [0.4, 0.5) is 0 Å². The number of benzene rings is 1. The molecule has 112 valence electrons. The molecular weight excluding hydrogens is 270 g/mol. The molecule has 0 saturated carbocycles. The Morgan fingerprint density at radius 3 is 2.90 bits per heavy atom. The van der Waals surface area contributed by atoms with E-state index in [-0.39, 0.29) is 12.4 Å². The predicted octanol–water partition coefficient (Wildman–Crippen LogP) is 4.09. The van der Waals surface area contributed by atoms with Gasteiger partial charge in [0.1, 0.15) is 5.75 Å². The van der Waals surface area contributed by atoms with Gasteiger partial charge in [0.2, 0.25) is 0 Å². The van der Waals surface area contributed by atoms with Gasteiger partial charge in [0, 0.05) is 12.0 Å². The van der Waals surface area contributed by atoms with Crippen molar-refractivity contribution in [2.45, 2.75) is 44.6 Å². The van der Waals surface area contributed by atoms with Gasteiger partial charge in [-0.3, -0.25) is 0 Å². The quantitative estimate of drug-likeness (QED) is 0.798. The Morgan fingerprint density at radius 1 is 1.45 bits per heavy atom. The van der Waals surface area contributed by atoms with Crippen LogP contribution in [0.25, 0.3) is 0 Å². The van der Waals surface area contributed by atoms with Gasteiger partial charge < -0.3 is 10.1 Å². The number of nitrogens with one attached hydrogen (secondary N) is 1. The van der Waals surface area contributed by atoms with Crippen LogP contribution >= 0.6 is 12.4 Å². The molecule has 1 aliphatic carbocycles. The maximum Gasteiger partial charge on any atom is 0.122 e. The number of fused-ring (bicyclic) bond motifs is 1. The van der Waals surface area contributed by atoms with Crippen LogP contribution in [0.1, 0.15) is 43.2 Å². The number of rotatable bonds is 6. The first kappa shape index (κ1) is 17.1. The van der Waals surface area contributed by atoms with E-state index in [0.29, 0.717) is 12.0 Å². The summed E-state index contributed by atoms with van der Waals surface area (Å²) in [4.78, 5) is 0. The third-order valence-electron chi connectivity index (χ3n) is 4.06. The average molecular weight is 296 g/mol. The highest BCUT2D eigenvalue weighted by Gasteiger charge is 2.29. The Kier molecular flexibility index (Phi) is 7.11. The molecule has 2 nitrogen and oxygen atoms in total. The van der Waals surface area contributed by atoms with Crippen molar-refractivity contribution in [1.82, 2.24) is 5.32 Å². The van der Waals surface area contributed by atoms with Crippen LogP contribution in [0.5, 0.6) is 5.75 Å². The van der Waals surface area contributed by atoms with Gasteiger partial charge in [-0.1, -0.05) is 25.1 Å². The van der Waals surface area contributed by atoms with Crippen molar-refractivity contribution in [3.63, 3.8) is 0 Å². The van der Waals surface area contributed by atoms with Crippen LogP contribution in [0, 0.1) is 0 Å². The van der Waals surface area contributed by atoms with Crippen molar-refractivity contribution in [2.75, 3.05) is 13.7 Å². The highest BCUT2D eigenvalue weighted by atomic mass is 35.5. The molecule has 1 N–H and O–H groups in total. The second-order valence-electron chi connectivity index (χ2n) is 5.26. The van der Waals surface area contributed by atoms with Crippen molar-refractivity contribution in [1.29, 1.82) is 0 Å². The summed E-state index contributed by atoms with van der Waals surface area (Å²) in [6.45, 7) is 7.24. The summed E-state index contributed by atoms with van der Waals surface area (Å²) in [5.74, 6) is 1.57. The second-order valence-corrected chi connectivity index (χ2v) is 5.26. The lowest BCUT2D eigenvalue weighted by molar-refractivity contribution is 0.369. The van der Waals surface area contributed by atoms with Crippen molar-refractivity contribution in [3.05, 3.63) is 42.0 Å². The highest BCUT2D eigenvalue weighted by Crippen LogP contribution is 2.38. The lowest BCUT2D eigenvalue weighted by Gasteiger charge is -2.34. The minimum Gasteiger partial charge on any atom is -0.496 e. The fraction of sp³-hybridized carbons (Fsp3) is 0.529. The normalized spacial score (nSPS) is 20.7. The van der Waals surface area contributed by atoms with E-state index >= 15 is 0 Å². The molecule has 0 amide bonds. The summed E-state index contributed by atoms with van der Waals surface area (Å²) >= 11 is 0. The van der Waals surface area contributed by atoms with Crippen LogP contribution in [-0.2, 0) is 6.42 Å². The topological polar surface area (TPSA) is 21.3 Å². The smallest absolute Gasteiger partial charge is 0.122 e. The summed E-state index contributed by atoms with van der Waals surface area (Å²) in [6.07, 6.45) is 6.55. The molecule has 2 rings (SSSR count). The molecule has 0 unspecified atom stereocenters. The van der Waals surface area contributed by atoms with Crippen molar-refractivity contribution < 1.29 is 4.74 Å². The largest absolute Gasteiger partial charge is 0.496 e. The molecule has 0 spiro atoms. The molecule has 0 radical (unpaired) electrons. The highest BCUT2D eigenvalue weighted by molar-refractivity contribution is 5.85. The van der Waals surface area contributed by atoms with Crippen molar-refractivity contribution in [3.8, 4) is 5.75 Å². The molecule has 2 atom stereocenters. The van der Waals surface area contributed by atoms with Crippen LogP contribution in [-0.4, -0.2) is 19.7 Å². The molecule has 1 aliphatic rings. The molecule has 0 heterocycles. The number of methoxy groups -OCH3 is 1. The van der Waals surface area contributed by atoms with Crippen LogP contribution in [0.3, 0.4) is 0 Å². The fourth-order valence-corrected chi connectivity index (χ4v) is 3.15. The second kappa shape index (κ2) is 8.33. The minimum atomic E-state index is 0. The van der Waals surface area contributed by atoms with E-state index in [0.717, 1.165) is 25.1 Å². The average Bonchev–Trinajstić information content (AvgIpc) is 2.46. The Labute approximate surface area is 129 Å².